The summed E-state index contributed by atoms with van der Waals surface area (Å²) in [6.07, 6.45) is 12.8. The molecule has 2 rings (SSSR count). The van der Waals surface area contributed by atoms with E-state index in [1.165, 1.54) is 30.4 Å². The Bertz CT molecular complexity index is 721. The highest BCUT2D eigenvalue weighted by atomic mass is 16.5. The van der Waals surface area contributed by atoms with Crippen molar-refractivity contribution in [2.45, 2.75) is 60.3 Å². The van der Waals surface area contributed by atoms with Gasteiger partial charge in [0, 0.05) is 6.20 Å². The van der Waals surface area contributed by atoms with E-state index in [2.05, 4.69) is 50.9 Å². The molecule has 0 bridgehead atoms. The van der Waals surface area contributed by atoms with Gasteiger partial charge in [0.1, 0.15) is 5.69 Å². The summed E-state index contributed by atoms with van der Waals surface area (Å²) in [5, 5.41) is 0. The fourth-order valence-electron chi connectivity index (χ4n) is 3.42. The van der Waals surface area contributed by atoms with Crippen LogP contribution in [0.15, 0.2) is 47.2 Å². The molecule has 0 aromatic carbocycles. The topological polar surface area (TPSA) is 39.2 Å². The second-order valence-electron chi connectivity index (χ2n) is 7.77. The molecule has 0 amide bonds. The van der Waals surface area contributed by atoms with E-state index in [9.17, 15) is 4.79 Å². The third-order valence-electron chi connectivity index (χ3n) is 4.88. The Kier molecular flexibility index (Phi) is 6.96. The molecule has 0 saturated carbocycles. The van der Waals surface area contributed by atoms with Crippen molar-refractivity contribution in [3.63, 3.8) is 0 Å². The van der Waals surface area contributed by atoms with E-state index >= 15 is 0 Å². The summed E-state index contributed by atoms with van der Waals surface area (Å²) in [6, 6.07) is 3.62. The molecule has 0 aliphatic heterocycles. The molecule has 0 saturated heterocycles. The normalized spacial score (nSPS) is 17.7. The van der Waals surface area contributed by atoms with Crippen LogP contribution in [0.1, 0.15) is 76.4 Å². The van der Waals surface area contributed by atoms with Gasteiger partial charge in [-0.25, -0.2) is 9.78 Å². The number of carbonyl (C=O) groups excluding carboxylic acids is 1. The van der Waals surface area contributed by atoms with Gasteiger partial charge in [-0.1, -0.05) is 56.2 Å². The first-order chi connectivity index (χ1) is 12.3. The van der Waals surface area contributed by atoms with Crippen LogP contribution in [0.2, 0.25) is 0 Å². The fourth-order valence-corrected chi connectivity index (χ4v) is 3.42. The lowest BCUT2D eigenvalue weighted by molar-refractivity contribution is 0.0498. The van der Waals surface area contributed by atoms with Crippen LogP contribution >= 0.6 is 0 Å². The van der Waals surface area contributed by atoms with Gasteiger partial charge in [0.05, 0.1) is 6.61 Å². The molecule has 0 unspecified atom stereocenters. The Hall–Kier alpha value is -2.16. The van der Waals surface area contributed by atoms with E-state index in [0.717, 1.165) is 17.6 Å². The average molecular weight is 354 g/mol. The molecular weight excluding hydrogens is 322 g/mol. The lowest BCUT2D eigenvalue weighted by Gasteiger charge is -2.32. The van der Waals surface area contributed by atoms with Crippen LogP contribution in [0.3, 0.4) is 0 Å². The summed E-state index contributed by atoms with van der Waals surface area (Å²) < 4.78 is 5.10. The number of ether oxygens (including phenoxy) is 1. The van der Waals surface area contributed by atoms with Gasteiger partial charge < -0.3 is 4.74 Å². The molecule has 0 fully saturated rings. The quantitative estimate of drug-likeness (QED) is 0.456. The maximum absolute atomic E-state index is 11.8. The van der Waals surface area contributed by atoms with Crippen LogP contribution in [-0.2, 0) is 4.74 Å². The number of nitrogens with zero attached hydrogens (tertiary/aromatic N) is 1. The number of carbonyl (C=O) groups is 1. The number of esters is 1. The SMILES string of the molecule is CCCOC(=O)c1ccc(/C=C(\C)C=CC2=C(C)CCCC2(C)C)cn1. The van der Waals surface area contributed by atoms with Gasteiger partial charge in [0.2, 0.25) is 0 Å². The summed E-state index contributed by atoms with van der Waals surface area (Å²) in [5.74, 6) is -0.360. The maximum Gasteiger partial charge on any atom is 0.356 e. The Labute approximate surface area is 157 Å². The zero-order valence-corrected chi connectivity index (χ0v) is 16.8. The zero-order valence-electron chi connectivity index (χ0n) is 16.8. The third-order valence-corrected chi connectivity index (χ3v) is 4.88. The standard InChI is InChI=1S/C23H31NO2/c1-6-14-26-22(25)21-12-10-19(16-24-21)15-17(2)9-11-20-18(3)8-7-13-23(20,4)5/h9-12,15-16H,6-8,13-14H2,1-5H3/b11-9?,17-15+. The molecule has 0 atom stereocenters. The largest absolute Gasteiger partial charge is 0.461 e. The van der Waals surface area contributed by atoms with Crippen LogP contribution in [0.25, 0.3) is 6.08 Å². The molecule has 0 spiro atoms. The van der Waals surface area contributed by atoms with E-state index in [-0.39, 0.29) is 11.4 Å². The number of pyridine rings is 1. The Morgan fingerprint density at radius 1 is 1.35 bits per heavy atom. The van der Waals surface area contributed by atoms with Crippen molar-refractivity contribution in [1.82, 2.24) is 4.98 Å². The molecular formula is C23H31NO2. The molecule has 0 N–H and O–H groups in total. The Morgan fingerprint density at radius 2 is 2.12 bits per heavy atom. The van der Waals surface area contributed by atoms with Gasteiger partial charge in [-0.05, 0) is 62.1 Å². The van der Waals surface area contributed by atoms with Crippen molar-refractivity contribution < 1.29 is 9.53 Å². The smallest absolute Gasteiger partial charge is 0.356 e. The third kappa shape index (κ3) is 5.42. The van der Waals surface area contributed by atoms with Crippen molar-refractivity contribution in [1.29, 1.82) is 0 Å². The first-order valence-corrected chi connectivity index (χ1v) is 9.53. The van der Waals surface area contributed by atoms with Crippen LogP contribution < -0.4 is 0 Å². The predicted molar refractivity (Wildman–Crippen MR) is 108 cm³/mol. The van der Waals surface area contributed by atoms with Crippen LogP contribution in [-0.4, -0.2) is 17.6 Å². The summed E-state index contributed by atoms with van der Waals surface area (Å²) in [7, 11) is 0. The van der Waals surface area contributed by atoms with Crippen molar-refractivity contribution in [2.24, 2.45) is 5.41 Å². The number of allylic oxidation sites excluding steroid dienone is 5. The van der Waals surface area contributed by atoms with E-state index in [1.54, 1.807) is 12.3 Å². The van der Waals surface area contributed by atoms with Crippen LogP contribution in [0, 0.1) is 5.41 Å². The molecule has 140 valence electrons. The summed E-state index contributed by atoms with van der Waals surface area (Å²) in [4.78, 5) is 16.0. The molecule has 1 aromatic rings. The molecule has 1 aliphatic carbocycles. The molecule has 1 heterocycles. The highest BCUT2D eigenvalue weighted by Gasteiger charge is 2.26. The summed E-state index contributed by atoms with van der Waals surface area (Å²) in [5.41, 5.74) is 5.71. The highest BCUT2D eigenvalue weighted by Crippen LogP contribution is 2.40. The Morgan fingerprint density at radius 3 is 2.73 bits per heavy atom. The second-order valence-corrected chi connectivity index (χ2v) is 7.77. The van der Waals surface area contributed by atoms with Crippen LogP contribution in [0.5, 0.6) is 0 Å². The lowest BCUT2D eigenvalue weighted by Crippen LogP contribution is -2.19. The van der Waals surface area contributed by atoms with Crippen molar-refractivity contribution >= 4 is 12.0 Å². The van der Waals surface area contributed by atoms with Crippen LogP contribution in [0.4, 0.5) is 0 Å². The predicted octanol–water partition coefficient (Wildman–Crippen LogP) is 6.13. The summed E-state index contributed by atoms with van der Waals surface area (Å²) in [6.45, 7) is 11.4. The molecule has 1 aliphatic rings. The minimum atomic E-state index is -0.360. The molecule has 0 radical (unpaired) electrons. The summed E-state index contributed by atoms with van der Waals surface area (Å²) >= 11 is 0. The number of hydrogen-bond donors (Lipinski definition) is 0. The average Bonchev–Trinajstić information content (AvgIpc) is 2.59. The van der Waals surface area contributed by atoms with Crippen molar-refractivity contribution in [3.8, 4) is 0 Å². The van der Waals surface area contributed by atoms with Gasteiger partial charge in [0.15, 0.2) is 0 Å². The molecule has 3 heteroatoms. The maximum atomic E-state index is 11.8. The molecule has 1 aromatic heterocycles. The van der Waals surface area contributed by atoms with Gasteiger partial charge in [0.25, 0.3) is 0 Å². The van der Waals surface area contributed by atoms with E-state index in [1.807, 2.05) is 13.0 Å². The minimum absolute atomic E-state index is 0.251. The van der Waals surface area contributed by atoms with E-state index < -0.39 is 0 Å². The first-order valence-electron chi connectivity index (χ1n) is 9.53. The van der Waals surface area contributed by atoms with Gasteiger partial charge in [-0.2, -0.15) is 0 Å². The van der Waals surface area contributed by atoms with Gasteiger partial charge in [-0.15, -0.1) is 0 Å². The molecule has 26 heavy (non-hydrogen) atoms. The Balaban J connectivity index is 2.08. The lowest BCUT2D eigenvalue weighted by atomic mass is 9.72. The molecule has 3 nitrogen and oxygen atoms in total. The van der Waals surface area contributed by atoms with Crippen molar-refractivity contribution in [2.75, 3.05) is 6.61 Å². The first kappa shape index (κ1) is 20.2. The number of hydrogen-bond acceptors (Lipinski definition) is 3. The minimum Gasteiger partial charge on any atom is -0.461 e. The van der Waals surface area contributed by atoms with Crippen molar-refractivity contribution in [3.05, 3.63) is 58.5 Å². The fraction of sp³-hybridized carbons (Fsp3) is 0.478. The van der Waals surface area contributed by atoms with E-state index in [4.69, 9.17) is 4.74 Å². The van der Waals surface area contributed by atoms with Gasteiger partial charge >= 0.3 is 5.97 Å². The number of aromatic nitrogens is 1. The van der Waals surface area contributed by atoms with Gasteiger partial charge in [-0.3, -0.25) is 0 Å². The second kappa shape index (κ2) is 8.98. The monoisotopic (exact) mass is 353 g/mol. The number of rotatable bonds is 6. The highest BCUT2D eigenvalue weighted by molar-refractivity contribution is 5.87. The zero-order chi connectivity index (χ0) is 19.2. The van der Waals surface area contributed by atoms with E-state index in [0.29, 0.717) is 12.3 Å².